The first-order valence-electron chi connectivity index (χ1n) is 10.7. The first-order valence-corrected chi connectivity index (χ1v) is 12.5. The van der Waals surface area contributed by atoms with E-state index in [1.165, 1.54) is 0 Å². The summed E-state index contributed by atoms with van der Waals surface area (Å²) in [5.74, 6) is -0.280. The summed E-state index contributed by atoms with van der Waals surface area (Å²) in [5, 5.41) is 15.1. The number of benzene rings is 2. The van der Waals surface area contributed by atoms with Crippen LogP contribution in [-0.4, -0.2) is 31.8 Å². The number of halogens is 2. The number of amidine groups is 1. The Bertz CT molecular complexity index is 1390. The van der Waals surface area contributed by atoms with Gasteiger partial charge >= 0.3 is 0 Å². The summed E-state index contributed by atoms with van der Waals surface area (Å²) in [6.07, 6.45) is 0. The molecule has 35 heavy (non-hydrogen) atoms. The van der Waals surface area contributed by atoms with Gasteiger partial charge in [0.1, 0.15) is 5.69 Å². The Kier molecular flexibility index (Phi) is 7.36. The van der Waals surface area contributed by atoms with Gasteiger partial charge in [-0.05, 0) is 60.4 Å². The molecule has 0 atom stereocenters. The fourth-order valence-corrected chi connectivity index (χ4v) is 3.85. The van der Waals surface area contributed by atoms with Crippen molar-refractivity contribution in [2.24, 2.45) is 10.7 Å². The van der Waals surface area contributed by atoms with E-state index in [2.05, 4.69) is 59.1 Å². The number of carbonyl (C=O) groups is 1. The van der Waals surface area contributed by atoms with E-state index in [0.29, 0.717) is 17.9 Å². The maximum Gasteiger partial charge on any atom is 0.275 e. The zero-order valence-corrected chi connectivity index (χ0v) is 23.0. The lowest BCUT2D eigenvalue weighted by Gasteiger charge is -2.12. The van der Waals surface area contributed by atoms with Gasteiger partial charge in [-0.15, -0.1) is 0 Å². The quantitative estimate of drug-likeness (QED) is 0.121. The van der Waals surface area contributed by atoms with Crippen LogP contribution in [0.3, 0.4) is 0 Å². The molecule has 9 nitrogen and oxygen atoms in total. The van der Waals surface area contributed by atoms with Crippen LogP contribution in [0.2, 0.25) is 0 Å². The van der Waals surface area contributed by atoms with Crippen molar-refractivity contribution in [3.8, 4) is 0 Å². The summed E-state index contributed by atoms with van der Waals surface area (Å²) >= 11 is 5.78. The fraction of sp³-hybridized carbons (Fsp3) is 0.208. The van der Waals surface area contributed by atoms with E-state index in [1.807, 2.05) is 69.3 Å². The van der Waals surface area contributed by atoms with E-state index in [0.717, 1.165) is 21.3 Å². The molecule has 0 aliphatic rings. The Labute approximate surface area is 224 Å². The van der Waals surface area contributed by atoms with Crippen molar-refractivity contribution < 1.29 is 9.42 Å². The second-order valence-electron chi connectivity index (χ2n) is 8.38. The van der Waals surface area contributed by atoms with E-state index in [9.17, 15) is 4.79 Å². The summed E-state index contributed by atoms with van der Waals surface area (Å²) in [6.45, 7) is 6.48. The lowest BCUT2D eigenvalue weighted by atomic mass is 10.1. The van der Waals surface area contributed by atoms with Gasteiger partial charge in [0, 0.05) is 4.47 Å². The van der Waals surface area contributed by atoms with Crippen molar-refractivity contribution >= 4 is 61.8 Å². The molecule has 0 spiro atoms. The highest BCUT2D eigenvalue weighted by Crippen LogP contribution is 2.30. The Balaban J connectivity index is 1.62. The van der Waals surface area contributed by atoms with Crippen LogP contribution in [0.15, 0.2) is 68.7 Å². The molecule has 0 aliphatic carbocycles. The molecular weight excluding hydrogens is 625 g/mol. The van der Waals surface area contributed by atoms with Crippen molar-refractivity contribution in [2.45, 2.75) is 30.7 Å². The number of anilines is 1. The minimum Gasteiger partial charge on any atom is -0.382 e. The highest BCUT2D eigenvalue weighted by Gasteiger charge is 2.26. The largest absolute Gasteiger partial charge is 0.382 e. The van der Waals surface area contributed by atoms with E-state index in [-0.39, 0.29) is 20.8 Å². The number of alkyl halides is 1. The topological polar surface area (TPSA) is 124 Å². The van der Waals surface area contributed by atoms with Crippen LogP contribution >= 0.6 is 38.5 Å². The summed E-state index contributed by atoms with van der Waals surface area (Å²) < 4.78 is 7.17. The third kappa shape index (κ3) is 5.96. The average molecular weight is 648 g/mol. The number of aliphatic imine (C=N–C) groups is 1. The number of nitrogens with two attached hydrogens (primary N) is 1. The van der Waals surface area contributed by atoms with Crippen LogP contribution < -0.4 is 11.1 Å². The molecule has 1 amide bonds. The maximum atomic E-state index is 13.3. The number of nitrogens with one attached hydrogen (secondary N) is 1. The monoisotopic (exact) mass is 647 g/mol. The second-order valence-corrected chi connectivity index (χ2v) is 11.9. The number of amides is 1. The zero-order chi connectivity index (χ0) is 25.2. The number of carbonyl (C=O) groups excluding carboxylic acids is 1. The summed E-state index contributed by atoms with van der Waals surface area (Å²) in [6, 6.07) is 17.2. The van der Waals surface area contributed by atoms with Gasteiger partial charge in [0.15, 0.2) is 11.5 Å². The minimum atomic E-state index is -0.414. The number of rotatable bonds is 7. The molecule has 2 aromatic carbocycles. The van der Waals surface area contributed by atoms with Gasteiger partial charge in [-0.3, -0.25) is 9.48 Å². The molecule has 0 radical (unpaired) electrons. The third-order valence-electron chi connectivity index (χ3n) is 5.16. The normalized spacial score (nSPS) is 12.1. The molecule has 0 saturated heterocycles. The zero-order valence-electron chi connectivity index (χ0n) is 19.3. The van der Waals surface area contributed by atoms with E-state index in [1.54, 1.807) is 10.7 Å². The van der Waals surface area contributed by atoms with Crippen molar-refractivity contribution in [1.29, 1.82) is 0 Å². The molecule has 0 aliphatic heterocycles. The number of hydrogen-bond donors (Lipinski definition) is 2. The molecule has 4 rings (SSSR count). The molecule has 0 fully saturated rings. The average Bonchev–Trinajstić information content (AvgIpc) is 3.44. The highest BCUT2D eigenvalue weighted by atomic mass is 127. The molecule has 4 aromatic rings. The first kappa shape index (κ1) is 25.0. The smallest absolute Gasteiger partial charge is 0.275 e. The van der Waals surface area contributed by atoms with E-state index in [4.69, 9.17) is 15.5 Å². The predicted molar refractivity (Wildman–Crippen MR) is 146 cm³/mol. The van der Waals surface area contributed by atoms with Crippen LogP contribution in [0, 0.1) is 6.92 Å². The molecule has 0 unspecified atom stereocenters. The lowest BCUT2D eigenvalue weighted by Crippen LogP contribution is -2.21. The predicted octanol–water partition coefficient (Wildman–Crippen LogP) is 5.34. The number of hydrogen-bond acceptors (Lipinski definition) is 6. The second kappa shape index (κ2) is 10.3. The fourth-order valence-electron chi connectivity index (χ4n) is 3.22. The maximum absolute atomic E-state index is 13.3. The minimum absolute atomic E-state index is 0.0594. The van der Waals surface area contributed by atoms with E-state index < -0.39 is 5.91 Å². The van der Waals surface area contributed by atoms with Crippen LogP contribution in [0.5, 0.6) is 0 Å². The molecule has 11 heteroatoms. The molecule has 2 aromatic heterocycles. The van der Waals surface area contributed by atoms with Crippen molar-refractivity contribution in [2.75, 3.05) is 5.32 Å². The SMILES string of the molecule is Cc1ccc(N=C(N)c2nonc2NC(=O)c2cc(C(C)(C)I)nn2Cc2ccccc2)cc1Br. The molecule has 0 saturated carbocycles. The van der Waals surface area contributed by atoms with Gasteiger partial charge in [-0.2, -0.15) is 5.10 Å². The standard InChI is InChI=1S/C24H23BrIN7O2/c1-14-9-10-16(11-17(14)25)28-21(27)20-22(32-35-31-20)29-23(34)18-12-19(24(2,3)26)30-33(18)13-15-7-5-4-6-8-15/h4-12H,13H2,1-3H3,(H2,27,28)(H,29,32,34). The van der Waals surface area contributed by atoms with Gasteiger partial charge < -0.3 is 11.1 Å². The Hall–Kier alpha value is -3.06. The van der Waals surface area contributed by atoms with Gasteiger partial charge in [0.25, 0.3) is 5.91 Å². The Morgan fingerprint density at radius 1 is 1.20 bits per heavy atom. The van der Waals surface area contributed by atoms with Crippen LogP contribution in [0.25, 0.3) is 0 Å². The van der Waals surface area contributed by atoms with Crippen molar-refractivity contribution in [1.82, 2.24) is 20.1 Å². The Morgan fingerprint density at radius 3 is 2.63 bits per heavy atom. The Morgan fingerprint density at radius 2 is 1.94 bits per heavy atom. The molecule has 180 valence electrons. The number of aryl methyl sites for hydroxylation is 1. The number of nitrogens with zero attached hydrogens (tertiary/aromatic N) is 5. The molecular formula is C24H23BrIN7O2. The van der Waals surface area contributed by atoms with E-state index >= 15 is 0 Å². The first-order chi connectivity index (χ1) is 16.6. The van der Waals surface area contributed by atoms with Crippen LogP contribution in [-0.2, 0) is 9.97 Å². The van der Waals surface area contributed by atoms with Gasteiger partial charge in [-0.25, -0.2) is 9.62 Å². The van der Waals surface area contributed by atoms with Crippen molar-refractivity contribution in [3.63, 3.8) is 0 Å². The lowest BCUT2D eigenvalue weighted by molar-refractivity contribution is 0.101. The van der Waals surface area contributed by atoms with Gasteiger partial charge in [0.2, 0.25) is 5.82 Å². The molecule has 2 heterocycles. The van der Waals surface area contributed by atoms with Crippen LogP contribution in [0.1, 0.15) is 46.9 Å². The summed E-state index contributed by atoms with van der Waals surface area (Å²) in [5.41, 5.74) is 10.2. The van der Waals surface area contributed by atoms with Crippen molar-refractivity contribution in [3.05, 3.63) is 87.3 Å². The summed E-state index contributed by atoms with van der Waals surface area (Å²) in [4.78, 5) is 17.7. The highest BCUT2D eigenvalue weighted by molar-refractivity contribution is 14.1. The summed E-state index contributed by atoms with van der Waals surface area (Å²) in [7, 11) is 0. The molecule has 0 bridgehead atoms. The third-order valence-corrected chi connectivity index (χ3v) is 6.57. The van der Waals surface area contributed by atoms with Gasteiger partial charge in [-0.1, -0.05) is 74.9 Å². The number of aromatic nitrogens is 4. The van der Waals surface area contributed by atoms with Crippen LogP contribution in [0.4, 0.5) is 11.5 Å². The van der Waals surface area contributed by atoms with Gasteiger partial charge in [0.05, 0.1) is 21.3 Å². The molecule has 3 N–H and O–H groups in total.